The number of nitrogens with two attached hydrogens (primary N) is 1. The summed E-state index contributed by atoms with van der Waals surface area (Å²) in [5, 5.41) is 7.92. The summed E-state index contributed by atoms with van der Waals surface area (Å²) in [7, 11) is 0. The van der Waals surface area contributed by atoms with Crippen LogP contribution in [0.3, 0.4) is 0 Å². The maximum Gasteiger partial charge on any atom is 0.276 e. The van der Waals surface area contributed by atoms with Crippen molar-refractivity contribution in [3.63, 3.8) is 0 Å². The minimum absolute atomic E-state index is 0.0318. The van der Waals surface area contributed by atoms with Crippen molar-refractivity contribution < 1.29 is 4.79 Å². The number of hydrogen-bond acceptors (Lipinski definition) is 4. The number of nitrogens with zero attached hydrogens (tertiary/aromatic N) is 4. The van der Waals surface area contributed by atoms with Crippen LogP contribution in [0, 0.1) is 5.92 Å². The fraction of sp³-hybridized carbons (Fsp3) is 0.786. The van der Waals surface area contributed by atoms with Gasteiger partial charge < -0.3 is 10.6 Å². The molecule has 0 aliphatic rings. The first-order chi connectivity index (χ1) is 9.53. The minimum atomic E-state index is -0.0318. The molecule has 0 radical (unpaired) electrons. The van der Waals surface area contributed by atoms with Gasteiger partial charge in [0.2, 0.25) is 0 Å². The molecule has 6 heteroatoms. The van der Waals surface area contributed by atoms with Crippen molar-refractivity contribution in [2.45, 2.75) is 53.1 Å². The molecule has 0 aliphatic heterocycles. The third-order valence-electron chi connectivity index (χ3n) is 3.32. The molecule has 2 N–H and O–H groups in total. The zero-order valence-corrected chi connectivity index (χ0v) is 13.0. The molecule has 0 aromatic carbocycles. The molecule has 1 aromatic heterocycles. The SMILES string of the molecule is CCC(CC)N(CC(C)C)C(=O)c1cn(CCN)nn1. The maximum atomic E-state index is 12.6. The highest BCUT2D eigenvalue weighted by atomic mass is 16.2. The quantitative estimate of drug-likeness (QED) is 0.784. The molecule has 0 aliphatic carbocycles. The molecule has 0 spiro atoms. The first kappa shape index (κ1) is 16.6. The van der Waals surface area contributed by atoms with Crippen molar-refractivity contribution in [1.82, 2.24) is 19.9 Å². The molecule has 0 saturated heterocycles. The number of carbonyl (C=O) groups excluding carboxylic acids is 1. The largest absolute Gasteiger partial charge is 0.334 e. The lowest BCUT2D eigenvalue weighted by Gasteiger charge is -2.31. The maximum absolute atomic E-state index is 12.6. The molecule has 0 unspecified atom stereocenters. The molecule has 0 saturated carbocycles. The van der Waals surface area contributed by atoms with Crippen molar-refractivity contribution >= 4 is 5.91 Å². The van der Waals surface area contributed by atoms with E-state index in [-0.39, 0.29) is 11.9 Å². The molecule has 6 nitrogen and oxygen atoms in total. The van der Waals surface area contributed by atoms with E-state index in [2.05, 4.69) is 38.0 Å². The van der Waals surface area contributed by atoms with E-state index in [0.29, 0.717) is 24.7 Å². The van der Waals surface area contributed by atoms with Crippen LogP contribution in [0.1, 0.15) is 51.0 Å². The minimum Gasteiger partial charge on any atom is -0.334 e. The van der Waals surface area contributed by atoms with Crippen molar-refractivity contribution in [1.29, 1.82) is 0 Å². The molecule has 0 bridgehead atoms. The molecule has 1 aromatic rings. The molecular formula is C14H27N5O. The number of hydrogen-bond donors (Lipinski definition) is 1. The Kier molecular flexibility index (Phi) is 6.64. The molecular weight excluding hydrogens is 254 g/mol. The van der Waals surface area contributed by atoms with Crippen molar-refractivity contribution in [2.24, 2.45) is 11.7 Å². The van der Waals surface area contributed by atoms with Gasteiger partial charge in [-0.3, -0.25) is 9.48 Å². The van der Waals surface area contributed by atoms with Gasteiger partial charge in [-0.05, 0) is 18.8 Å². The summed E-state index contributed by atoms with van der Waals surface area (Å²) in [6, 6.07) is 0.254. The van der Waals surface area contributed by atoms with E-state index in [4.69, 9.17) is 5.73 Å². The van der Waals surface area contributed by atoms with Gasteiger partial charge in [0.15, 0.2) is 5.69 Å². The van der Waals surface area contributed by atoms with Gasteiger partial charge in [-0.2, -0.15) is 0 Å². The smallest absolute Gasteiger partial charge is 0.276 e. The van der Waals surface area contributed by atoms with Crippen LogP contribution in [-0.2, 0) is 6.54 Å². The predicted molar refractivity (Wildman–Crippen MR) is 79.3 cm³/mol. The van der Waals surface area contributed by atoms with Gasteiger partial charge in [0.05, 0.1) is 12.7 Å². The third-order valence-corrected chi connectivity index (χ3v) is 3.32. The summed E-state index contributed by atoms with van der Waals surface area (Å²) in [5.41, 5.74) is 5.89. The lowest BCUT2D eigenvalue weighted by molar-refractivity contribution is 0.0634. The number of rotatable bonds is 8. The Morgan fingerprint density at radius 1 is 1.40 bits per heavy atom. The second kappa shape index (κ2) is 7.99. The van der Waals surface area contributed by atoms with Gasteiger partial charge in [-0.1, -0.05) is 32.9 Å². The number of amides is 1. The standard InChI is InChI=1S/C14H27N5O/c1-5-12(6-2)19(9-11(3)4)14(20)13-10-18(8-7-15)17-16-13/h10-12H,5-9,15H2,1-4H3. The predicted octanol–water partition coefficient (Wildman–Crippen LogP) is 1.52. The van der Waals surface area contributed by atoms with Crippen LogP contribution >= 0.6 is 0 Å². The van der Waals surface area contributed by atoms with E-state index in [1.165, 1.54) is 0 Å². The first-order valence-corrected chi connectivity index (χ1v) is 7.44. The Morgan fingerprint density at radius 2 is 2.05 bits per heavy atom. The Hall–Kier alpha value is -1.43. The molecule has 114 valence electrons. The van der Waals surface area contributed by atoms with Gasteiger partial charge >= 0.3 is 0 Å². The fourth-order valence-corrected chi connectivity index (χ4v) is 2.31. The zero-order chi connectivity index (χ0) is 15.1. The molecule has 20 heavy (non-hydrogen) atoms. The summed E-state index contributed by atoms with van der Waals surface area (Å²) < 4.78 is 1.62. The topological polar surface area (TPSA) is 77.0 Å². The molecule has 1 rings (SSSR count). The lowest BCUT2D eigenvalue weighted by atomic mass is 10.1. The van der Waals surface area contributed by atoms with Crippen molar-refractivity contribution in [3.8, 4) is 0 Å². The second-order valence-corrected chi connectivity index (χ2v) is 5.48. The molecule has 1 heterocycles. The van der Waals surface area contributed by atoms with E-state index in [0.717, 1.165) is 19.4 Å². The fourth-order valence-electron chi connectivity index (χ4n) is 2.31. The summed E-state index contributed by atoms with van der Waals surface area (Å²) in [6.45, 7) is 10.3. The van der Waals surface area contributed by atoms with Crippen LogP contribution in [0.15, 0.2) is 6.20 Å². The van der Waals surface area contributed by atoms with Gasteiger partial charge in [-0.25, -0.2) is 0 Å². The van der Waals surface area contributed by atoms with Gasteiger partial charge in [0.25, 0.3) is 5.91 Å². The van der Waals surface area contributed by atoms with Gasteiger partial charge in [0, 0.05) is 19.1 Å². The summed E-state index contributed by atoms with van der Waals surface area (Å²) in [5.74, 6) is 0.398. The lowest BCUT2D eigenvalue weighted by Crippen LogP contribution is -2.42. The van der Waals surface area contributed by atoms with E-state index in [1.54, 1.807) is 10.9 Å². The molecule has 0 fully saturated rings. The second-order valence-electron chi connectivity index (χ2n) is 5.48. The number of aromatic nitrogens is 3. The normalized spacial score (nSPS) is 11.3. The van der Waals surface area contributed by atoms with Gasteiger partial charge in [-0.15, -0.1) is 5.10 Å². The third kappa shape index (κ3) is 4.30. The summed E-state index contributed by atoms with van der Waals surface area (Å²) in [4.78, 5) is 14.6. The van der Waals surface area contributed by atoms with Crippen LogP contribution in [-0.4, -0.2) is 44.9 Å². The van der Waals surface area contributed by atoms with Crippen molar-refractivity contribution in [2.75, 3.05) is 13.1 Å². The summed E-state index contributed by atoms with van der Waals surface area (Å²) >= 11 is 0. The highest BCUT2D eigenvalue weighted by Gasteiger charge is 2.25. The van der Waals surface area contributed by atoms with E-state index >= 15 is 0 Å². The average molecular weight is 281 g/mol. The van der Waals surface area contributed by atoms with Crippen LogP contribution in [0.5, 0.6) is 0 Å². The Bertz CT molecular complexity index is 411. The highest BCUT2D eigenvalue weighted by molar-refractivity contribution is 5.92. The number of carbonyl (C=O) groups is 1. The monoisotopic (exact) mass is 281 g/mol. The molecule has 1 amide bonds. The van der Waals surface area contributed by atoms with Crippen LogP contribution in [0.25, 0.3) is 0 Å². The van der Waals surface area contributed by atoms with Crippen molar-refractivity contribution in [3.05, 3.63) is 11.9 Å². The van der Waals surface area contributed by atoms with Crippen LogP contribution in [0.4, 0.5) is 0 Å². The Morgan fingerprint density at radius 3 is 2.55 bits per heavy atom. The van der Waals surface area contributed by atoms with Crippen LogP contribution < -0.4 is 5.73 Å². The Balaban J connectivity index is 2.90. The van der Waals surface area contributed by atoms with Gasteiger partial charge in [0.1, 0.15) is 0 Å². The average Bonchev–Trinajstić information content (AvgIpc) is 2.87. The summed E-state index contributed by atoms with van der Waals surface area (Å²) in [6.07, 6.45) is 3.59. The van der Waals surface area contributed by atoms with E-state index < -0.39 is 0 Å². The van der Waals surface area contributed by atoms with Crippen LogP contribution in [0.2, 0.25) is 0 Å². The van der Waals surface area contributed by atoms with E-state index in [1.807, 2.05) is 4.90 Å². The molecule has 0 atom stereocenters. The highest BCUT2D eigenvalue weighted by Crippen LogP contribution is 2.14. The first-order valence-electron chi connectivity index (χ1n) is 7.44. The van der Waals surface area contributed by atoms with E-state index in [9.17, 15) is 4.79 Å². The zero-order valence-electron chi connectivity index (χ0n) is 13.0. The Labute approximate surface area is 121 Å².